The normalized spacial score (nSPS) is 13.0. The molecule has 82 heavy (non-hydrogen) atoms. The average Bonchev–Trinajstić information content (AvgIpc) is 3.47. The molecular weight excluding hydrogens is 1020 g/mol. The fourth-order valence-electron chi connectivity index (χ4n) is 10.2. The Hall–Kier alpha value is -3.01. The van der Waals surface area contributed by atoms with Crippen LogP contribution in [0, 0.1) is 0 Å². The second-order valence-electron chi connectivity index (χ2n) is 24.8. The molecule has 9 nitrogen and oxygen atoms in total. The van der Waals surface area contributed by atoms with Gasteiger partial charge < -0.3 is 33.3 Å². The van der Waals surface area contributed by atoms with Crippen molar-refractivity contribution < 1.29 is 42.9 Å². The molecule has 0 aliphatic carbocycles. The number of aliphatic carboxylic acids is 1. The number of carboxylic acids is 1. The van der Waals surface area contributed by atoms with E-state index >= 15 is 0 Å². The molecule has 0 saturated heterocycles. The van der Waals surface area contributed by atoms with Gasteiger partial charge in [0, 0.05) is 12.8 Å². The summed E-state index contributed by atoms with van der Waals surface area (Å²) < 4.78 is 22.8. The molecule has 0 aliphatic heterocycles. The third kappa shape index (κ3) is 64.5. The Kier molecular flexibility index (Phi) is 61.6. The van der Waals surface area contributed by atoms with Gasteiger partial charge in [-0.1, -0.05) is 319 Å². The highest BCUT2D eigenvalue weighted by atomic mass is 16.7. The standard InChI is InChI=1S/C73H133NO8/c1-6-8-10-12-14-16-18-20-22-24-26-28-29-30-31-32-33-34-35-36-37-38-39-40-41-42-43-44-46-48-50-52-54-56-58-60-62-64-71(76)82-69(68-81-73(72(77)78)79-66-65-74(3,4)5)67-80-70(75)63-61-59-57-55-53-51-49-47-45-27-25-23-21-19-17-15-13-11-9-7-2/h8,10,14,16,20,22,26,28,30-31,69,73H,6-7,9,11-13,15,17-19,21,23-25,27,29,32-68H2,1-5H3/b10-8-,16-14-,22-20-,28-26-,31-30-. The number of rotatable bonds is 65. The Bertz CT molecular complexity index is 1530. The predicted molar refractivity (Wildman–Crippen MR) is 348 cm³/mol. The number of esters is 2. The lowest BCUT2D eigenvalue weighted by Crippen LogP contribution is -2.44. The molecule has 9 heteroatoms. The topological polar surface area (TPSA) is 111 Å². The summed E-state index contributed by atoms with van der Waals surface area (Å²) in [6, 6.07) is 0. The molecule has 0 radical (unpaired) electrons. The van der Waals surface area contributed by atoms with E-state index in [2.05, 4.69) is 74.6 Å². The smallest absolute Gasteiger partial charge is 0.306 e. The maximum absolute atomic E-state index is 12.9. The second-order valence-corrected chi connectivity index (χ2v) is 24.8. The summed E-state index contributed by atoms with van der Waals surface area (Å²) in [5.74, 6) is -2.26. The zero-order chi connectivity index (χ0) is 59.8. The van der Waals surface area contributed by atoms with Gasteiger partial charge in [-0.2, -0.15) is 0 Å². The first kappa shape index (κ1) is 79.0. The Morgan fingerprint density at radius 1 is 0.378 bits per heavy atom. The van der Waals surface area contributed by atoms with Gasteiger partial charge in [0.05, 0.1) is 40.3 Å². The van der Waals surface area contributed by atoms with Crippen molar-refractivity contribution in [1.29, 1.82) is 0 Å². The molecule has 478 valence electrons. The first-order valence-electron chi connectivity index (χ1n) is 34.9. The Balaban J connectivity index is 4.02. The van der Waals surface area contributed by atoms with Crippen molar-refractivity contribution in [1.82, 2.24) is 0 Å². The number of nitrogens with zero attached hydrogens (tertiary/aromatic N) is 1. The van der Waals surface area contributed by atoms with Crippen LogP contribution in [-0.4, -0.2) is 82.3 Å². The highest BCUT2D eigenvalue weighted by molar-refractivity contribution is 5.70. The maximum atomic E-state index is 12.9. The molecule has 2 unspecified atom stereocenters. The third-order valence-corrected chi connectivity index (χ3v) is 15.5. The van der Waals surface area contributed by atoms with Crippen molar-refractivity contribution in [3.8, 4) is 0 Å². The van der Waals surface area contributed by atoms with Crippen molar-refractivity contribution in [2.45, 2.75) is 341 Å². The number of hydrogen-bond acceptors (Lipinski definition) is 8. The van der Waals surface area contributed by atoms with E-state index in [0.717, 1.165) is 70.6 Å². The molecule has 0 saturated carbocycles. The van der Waals surface area contributed by atoms with Gasteiger partial charge in [0.1, 0.15) is 13.2 Å². The molecule has 0 aliphatic rings. The minimum Gasteiger partial charge on any atom is -0.545 e. The molecule has 0 N–H and O–H groups in total. The van der Waals surface area contributed by atoms with Crippen LogP contribution in [0.15, 0.2) is 60.8 Å². The van der Waals surface area contributed by atoms with Crippen LogP contribution in [0.3, 0.4) is 0 Å². The summed E-state index contributed by atoms with van der Waals surface area (Å²) in [5, 5.41) is 11.8. The van der Waals surface area contributed by atoms with Crippen LogP contribution >= 0.6 is 0 Å². The number of likely N-dealkylation sites (N-methyl/N-ethyl adjacent to an activating group) is 1. The number of quaternary nitrogens is 1. The van der Waals surface area contributed by atoms with Crippen molar-refractivity contribution in [2.24, 2.45) is 0 Å². The highest BCUT2D eigenvalue weighted by Crippen LogP contribution is 2.18. The molecular formula is C73H133NO8. The van der Waals surface area contributed by atoms with Crippen molar-refractivity contribution in [3.05, 3.63) is 60.8 Å². The summed E-state index contributed by atoms with van der Waals surface area (Å²) in [5.41, 5.74) is 0. The van der Waals surface area contributed by atoms with Crippen LogP contribution < -0.4 is 5.11 Å². The lowest BCUT2D eigenvalue weighted by molar-refractivity contribution is -0.870. The van der Waals surface area contributed by atoms with E-state index in [4.69, 9.17) is 18.9 Å². The lowest BCUT2D eigenvalue weighted by atomic mass is 10.0. The van der Waals surface area contributed by atoms with Gasteiger partial charge in [-0.05, 0) is 57.8 Å². The summed E-state index contributed by atoms with van der Waals surface area (Å²) in [4.78, 5) is 37.4. The Morgan fingerprint density at radius 2 is 0.695 bits per heavy atom. The molecule has 0 aromatic heterocycles. The van der Waals surface area contributed by atoms with Crippen LogP contribution in [0.2, 0.25) is 0 Å². The fourth-order valence-corrected chi connectivity index (χ4v) is 10.2. The van der Waals surface area contributed by atoms with Gasteiger partial charge in [-0.25, -0.2) is 0 Å². The van der Waals surface area contributed by atoms with Crippen molar-refractivity contribution >= 4 is 17.9 Å². The van der Waals surface area contributed by atoms with E-state index in [1.807, 2.05) is 21.1 Å². The van der Waals surface area contributed by atoms with Gasteiger partial charge in [-0.15, -0.1) is 0 Å². The summed E-state index contributed by atoms with van der Waals surface area (Å²) in [6.07, 6.45) is 80.2. The van der Waals surface area contributed by atoms with Crippen LogP contribution in [0.5, 0.6) is 0 Å². The predicted octanol–water partition coefficient (Wildman–Crippen LogP) is 20.2. The number of unbranched alkanes of at least 4 members (excludes halogenated alkanes) is 40. The number of hydrogen-bond donors (Lipinski definition) is 0. The maximum Gasteiger partial charge on any atom is 0.306 e. The summed E-state index contributed by atoms with van der Waals surface area (Å²) >= 11 is 0. The summed E-state index contributed by atoms with van der Waals surface area (Å²) in [6.45, 7) is 4.69. The molecule has 0 aromatic rings. The monoisotopic (exact) mass is 1150 g/mol. The first-order chi connectivity index (χ1) is 40.1. The van der Waals surface area contributed by atoms with Crippen LogP contribution in [0.1, 0.15) is 328 Å². The number of allylic oxidation sites excluding steroid dienone is 10. The van der Waals surface area contributed by atoms with E-state index in [1.165, 1.54) is 231 Å². The highest BCUT2D eigenvalue weighted by Gasteiger charge is 2.22. The number of carboxylic acid groups (broad SMARTS) is 1. The first-order valence-corrected chi connectivity index (χ1v) is 34.9. The quantitative estimate of drug-likeness (QED) is 0.0195. The van der Waals surface area contributed by atoms with Gasteiger partial charge in [0.25, 0.3) is 0 Å². The minimum atomic E-state index is -1.62. The molecule has 0 spiro atoms. The molecule has 0 fully saturated rings. The molecule has 0 bridgehead atoms. The van der Waals surface area contributed by atoms with E-state index in [0.29, 0.717) is 17.4 Å². The van der Waals surface area contributed by atoms with E-state index in [1.54, 1.807) is 0 Å². The van der Waals surface area contributed by atoms with Crippen LogP contribution in [0.4, 0.5) is 0 Å². The molecule has 0 rings (SSSR count). The fraction of sp³-hybridized carbons (Fsp3) is 0.822. The van der Waals surface area contributed by atoms with Crippen LogP contribution in [0.25, 0.3) is 0 Å². The third-order valence-electron chi connectivity index (χ3n) is 15.5. The summed E-state index contributed by atoms with van der Waals surface area (Å²) in [7, 11) is 5.94. The SMILES string of the molecule is CC/C=C\C/C=C\C/C=C\C/C=C\C/C=C\CCCCCCCCCCCCCCCCCCCCCCCC(=O)OC(COC(=O)CCCCCCCCCCCCCCCCCCCCCC)COC(OCC[N+](C)(C)C)C(=O)[O-]. The Labute approximate surface area is 507 Å². The molecule has 0 amide bonds. The average molecular weight is 1150 g/mol. The van der Waals surface area contributed by atoms with Crippen LogP contribution in [-0.2, 0) is 33.3 Å². The number of ether oxygens (including phenoxy) is 4. The van der Waals surface area contributed by atoms with E-state index < -0.39 is 24.3 Å². The molecule has 0 aromatic carbocycles. The van der Waals surface area contributed by atoms with Gasteiger partial charge in [-0.3, -0.25) is 9.59 Å². The van der Waals surface area contributed by atoms with Gasteiger partial charge >= 0.3 is 11.9 Å². The van der Waals surface area contributed by atoms with E-state index in [-0.39, 0.29) is 32.2 Å². The number of carbonyl (C=O) groups excluding carboxylic acids is 3. The molecule has 2 atom stereocenters. The lowest BCUT2D eigenvalue weighted by Gasteiger charge is -2.26. The second kappa shape index (κ2) is 64.0. The van der Waals surface area contributed by atoms with Crippen molar-refractivity contribution in [3.63, 3.8) is 0 Å². The van der Waals surface area contributed by atoms with Gasteiger partial charge in [0.2, 0.25) is 0 Å². The zero-order valence-corrected chi connectivity index (χ0v) is 54.6. The largest absolute Gasteiger partial charge is 0.545 e. The molecule has 0 heterocycles. The van der Waals surface area contributed by atoms with Crippen molar-refractivity contribution in [2.75, 3.05) is 47.5 Å². The minimum absolute atomic E-state index is 0.150. The van der Waals surface area contributed by atoms with Gasteiger partial charge in [0.15, 0.2) is 12.4 Å². The number of carbonyl (C=O) groups is 3. The van der Waals surface area contributed by atoms with E-state index in [9.17, 15) is 19.5 Å². The zero-order valence-electron chi connectivity index (χ0n) is 54.6. The Morgan fingerprint density at radius 3 is 1.04 bits per heavy atom.